The molecule has 1 aromatic carbocycles. The molecule has 0 spiro atoms. The van der Waals surface area contributed by atoms with Gasteiger partial charge in [-0.1, -0.05) is 0 Å². The van der Waals surface area contributed by atoms with E-state index in [-0.39, 0.29) is 37.7 Å². The first-order valence-corrected chi connectivity index (χ1v) is 3.79. The Morgan fingerprint density at radius 3 is 2.43 bits per heavy atom. The van der Waals surface area contributed by atoms with Crippen LogP contribution in [0, 0.1) is 55.5 Å². The molecule has 0 bridgehead atoms. The van der Waals surface area contributed by atoms with Crippen LogP contribution in [0.15, 0.2) is 18.2 Å². The van der Waals surface area contributed by atoms with Crippen molar-refractivity contribution >= 4 is 23.3 Å². The van der Waals surface area contributed by atoms with E-state index in [9.17, 15) is 8.78 Å². The molecule has 6 heteroatoms. The van der Waals surface area contributed by atoms with Crippen molar-refractivity contribution in [3.63, 3.8) is 0 Å². The molecule has 0 saturated heterocycles. The number of H-pyrrole nitrogens is 2. The Hall–Kier alpha value is 0.0297. The first-order valence-electron chi connectivity index (χ1n) is 3.38. The quantitative estimate of drug-likeness (QED) is 0.420. The number of nitrogens with one attached hydrogen (secondary N) is 2. The molecule has 0 aliphatic rings. The monoisotopic (exact) mass is 365 g/mol. The van der Waals surface area contributed by atoms with Crippen molar-refractivity contribution in [2.45, 2.75) is 0 Å². The van der Waals surface area contributed by atoms with Gasteiger partial charge in [0.2, 0.25) is 0 Å². The van der Waals surface area contributed by atoms with Crippen molar-refractivity contribution < 1.29 is 46.5 Å². The second-order valence-electron chi connectivity index (χ2n) is 2.13. The molecule has 2 rings (SSSR count). The van der Waals surface area contributed by atoms with Crippen LogP contribution in [0.4, 0.5) is 8.78 Å². The Morgan fingerprint density at radius 2 is 1.86 bits per heavy atom. The molecular weight excluding hydrogens is 359 g/mol. The Bertz CT molecular complexity index is 390. The third-order valence-corrected chi connectivity index (χ3v) is 1.56. The molecule has 0 fully saturated rings. The molecule has 81 valence electrons. The number of aromatic nitrogens is 2. The van der Waals surface area contributed by atoms with Crippen LogP contribution in [-0.4, -0.2) is 9.97 Å². The van der Waals surface area contributed by atoms with Crippen LogP contribution >= 0.6 is 12.2 Å². The molecule has 0 amide bonds. The van der Waals surface area contributed by atoms with Gasteiger partial charge in [0, 0.05) is 37.7 Å². The molecule has 2 N–H and O–H groups in total. The summed E-state index contributed by atoms with van der Waals surface area (Å²) in [5.41, 5.74) is 2.04. The third kappa shape index (κ3) is 4.04. The summed E-state index contributed by atoms with van der Waals surface area (Å²) in [7, 11) is 0. The predicted molar refractivity (Wildman–Crippen MR) is 48.8 cm³/mol. The van der Waals surface area contributed by atoms with E-state index in [1.807, 2.05) is 18.2 Å². The molecular formula is C8H6F2HoN2S-2. The van der Waals surface area contributed by atoms with Gasteiger partial charge in [-0.05, 0) is 30.2 Å². The number of fused-ring (bicyclic) bond motifs is 1. The third-order valence-electron chi connectivity index (χ3n) is 1.36. The Labute approximate surface area is 115 Å². The molecule has 14 heavy (non-hydrogen) atoms. The summed E-state index contributed by atoms with van der Waals surface area (Å²) in [6, 6.07) is 8.59. The smallest absolute Gasteiger partial charge is 0.162 e. The molecule has 2 aromatic rings. The van der Waals surface area contributed by atoms with Crippen LogP contribution < -0.4 is 0 Å². The van der Waals surface area contributed by atoms with Gasteiger partial charge in [0.1, 0.15) is 0 Å². The van der Waals surface area contributed by atoms with E-state index in [1.165, 1.54) is 0 Å². The summed E-state index contributed by atoms with van der Waals surface area (Å²) < 4.78 is 19.7. The van der Waals surface area contributed by atoms with Crippen molar-refractivity contribution in [2.75, 3.05) is 0 Å². The number of halogens is 2. The summed E-state index contributed by atoms with van der Waals surface area (Å²) in [5.74, 6) is 0. The van der Waals surface area contributed by atoms with Gasteiger partial charge in [0.25, 0.3) is 0 Å². The SMILES string of the molecule is F[CH-]F.S=c1[nH]c2c[c-]ccc2[nH]1.[Ho]. The fraction of sp³-hybridized carbons (Fsp3) is 0. The van der Waals surface area contributed by atoms with Gasteiger partial charge in [-0.25, -0.2) is 0 Å². The van der Waals surface area contributed by atoms with Crippen molar-refractivity contribution in [2.24, 2.45) is 0 Å². The van der Waals surface area contributed by atoms with E-state index in [1.54, 1.807) is 0 Å². The number of aromatic amines is 2. The van der Waals surface area contributed by atoms with Crippen LogP contribution in [0.5, 0.6) is 0 Å². The van der Waals surface area contributed by atoms with Gasteiger partial charge < -0.3 is 18.7 Å². The average Bonchev–Trinajstić information content (AvgIpc) is 2.45. The van der Waals surface area contributed by atoms with Gasteiger partial charge >= 0.3 is 0 Å². The molecule has 2 nitrogen and oxygen atoms in total. The largest absolute Gasteiger partial charge is 0.425 e. The van der Waals surface area contributed by atoms with E-state index >= 15 is 0 Å². The van der Waals surface area contributed by atoms with E-state index in [0.29, 0.717) is 4.77 Å². The van der Waals surface area contributed by atoms with E-state index in [4.69, 9.17) is 12.2 Å². The Morgan fingerprint density at radius 1 is 1.29 bits per heavy atom. The van der Waals surface area contributed by atoms with Crippen LogP contribution in [0.1, 0.15) is 0 Å². The number of rotatable bonds is 0. The van der Waals surface area contributed by atoms with Crippen LogP contribution in [0.3, 0.4) is 0 Å². The summed E-state index contributed by atoms with van der Waals surface area (Å²) in [6.07, 6.45) is 0. The van der Waals surface area contributed by atoms with Gasteiger partial charge in [0.05, 0.1) is 0 Å². The first kappa shape index (κ1) is 14.0. The minimum absolute atomic E-state index is 0. The minimum Gasteiger partial charge on any atom is -0.425 e. The maximum Gasteiger partial charge on any atom is 0.162 e. The second-order valence-corrected chi connectivity index (χ2v) is 2.54. The van der Waals surface area contributed by atoms with E-state index < -0.39 is 6.93 Å². The van der Waals surface area contributed by atoms with Crippen molar-refractivity contribution in [1.29, 1.82) is 0 Å². The summed E-state index contributed by atoms with van der Waals surface area (Å²) in [6.45, 7) is -1.00. The van der Waals surface area contributed by atoms with E-state index in [2.05, 4.69) is 16.0 Å². The average molecular weight is 365 g/mol. The maximum atomic E-state index is 9.50. The molecule has 0 aliphatic carbocycles. The second kappa shape index (κ2) is 7.34. The number of imidazole rings is 1. The van der Waals surface area contributed by atoms with E-state index in [0.717, 1.165) is 11.0 Å². The number of hydrogen-bond acceptors (Lipinski definition) is 1. The summed E-state index contributed by atoms with van der Waals surface area (Å²) in [4.78, 5) is 5.98. The summed E-state index contributed by atoms with van der Waals surface area (Å²) >= 11 is 4.89. The molecule has 0 saturated carbocycles. The zero-order valence-electron chi connectivity index (χ0n) is 6.78. The fourth-order valence-corrected chi connectivity index (χ4v) is 1.14. The number of hydrogen-bond donors (Lipinski definition) is 2. The minimum atomic E-state index is -1.00. The van der Waals surface area contributed by atoms with Crippen molar-refractivity contribution in [3.05, 3.63) is 36.0 Å². The van der Waals surface area contributed by atoms with Gasteiger partial charge in [0.15, 0.2) is 4.77 Å². The zero-order chi connectivity index (χ0) is 9.68. The Kier molecular flexibility index (Phi) is 7.35. The maximum absolute atomic E-state index is 9.50. The number of benzene rings is 1. The fourth-order valence-electron chi connectivity index (χ4n) is 0.919. The normalized spacial score (nSPS) is 8.71. The first-order chi connectivity index (χ1) is 6.27. The zero-order valence-corrected chi connectivity index (χ0v) is 9.53. The van der Waals surface area contributed by atoms with Crippen LogP contribution in [-0.2, 0) is 0 Å². The Balaban J connectivity index is 0.000000381. The van der Waals surface area contributed by atoms with Crippen LogP contribution in [0.25, 0.3) is 11.0 Å². The molecule has 0 unspecified atom stereocenters. The standard InChI is InChI=1S/C7H5N2S.CHF2.Ho/c10-7-8-5-3-1-2-4-6(5)9-7;2-1-3;/h1,3-4H,(H2,8,9,10);1H;/q2*-1;. The topological polar surface area (TPSA) is 31.6 Å². The molecule has 1 heterocycles. The van der Waals surface area contributed by atoms with Crippen molar-refractivity contribution in [1.82, 2.24) is 9.97 Å². The predicted octanol–water partition coefficient (Wildman–Crippen LogP) is 3.07. The van der Waals surface area contributed by atoms with Gasteiger partial charge in [-0.2, -0.15) is 18.2 Å². The summed E-state index contributed by atoms with van der Waals surface area (Å²) in [5, 5.41) is 0. The van der Waals surface area contributed by atoms with Crippen molar-refractivity contribution in [3.8, 4) is 0 Å². The van der Waals surface area contributed by atoms with Gasteiger partial charge in [-0.3, -0.25) is 0 Å². The molecule has 1 aromatic heterocycles. The molecule has 0 aliphatic heterocycles. The molecule has 0 atom stereocenters. The van der Waals surface area contributed by atoms with Crippen LogP contribution in [0.2, 0.25) is 0 Å². The van der Waals surface area contributed by atoms with Gasteiger partial charge in [-0.15, -0.1) is 6.07 Å². The molecule has 1 radical (unpaired) electrons.